The average Bonchev–Trinajstić information content (AvgIpc) is 3.26. The van der Waals surface area contributed by atoms with Gasteiger partial charge < -0.3 is 9.80 Å². The molecular weight excluding hydrogens is 653 g/mol. The molecule has 0 unspecified atom stereocenters. The Hall–Kier alpha value is -7.16. The van der Waals surface area contributed by atoms with Gasteiger partial charge >= 0.3 is 0 Å². The average molecular weight is 691 g/mol. The van der Waals surface area contributed by atoms with Crippen molar-refractivity contribution < 1.29 is 0 Å². The number of hydrogen-bond donors (Lipinski definition) is 0. The van der Waals surface area contributed by atoms with Gasteiger partial charge in [-0.25, -0.2) is 0 Å². The Morgan fingerprint density at radius 3 is 0.815 bits per heavy atom. The fourth-order valence-electron chi connectivity index (χ4n) is 7.26. The van der Waals surface area contributed by atoms with Crippen molar-refractivity contribution in [2.75, 3.05) is 9.80 Å². The molecule has 9 rings (SSSR count). The first-order valence-corrected chi connectivity index (χ1v) is 18.4. The van der Waals surface area contributed by atoms with Crippen LogP contribution in [0.25, 0.3) is 44.2 Å². The van der Waals surface area contributed by atoms with Crippen LogP contribution in [0.15, 0.2) is 231 Å². The van der Waals surface area contributed by atoms with Gasteiger partial charge in [0.05, 0.1) is 0 Å². The molecule has 0 spiro atoms. The Morgan fingerprint density at radius 2 is 0.444 bits per heavy atom. The molecule has 0 aliphatic carbocycles. The fraction of sp³-hybridized carbons (Fsp3) is 0. The zero-order valence-corrected chi connectivity index (χ0v) is 29.8. The Balaban J connectivity index is 1.11. The summed E-state index contributed by atoms with van der Waals surface area (Å²) in [4.78, 5) is 4.68. The van der Waals surface area contributed by atoms with Gasteiger partial charge in [0.15, 0.2) is 0 Å². The number of nitrogens with zero attached hydrogens (tertiary/aromatic N) is 2. The van der Waals surface area contributed by atoms with Crippen molar-refractivity contribution >= 4 is 44.9 Å². The van der Waals surface area contributed by atoms with Crippen LogP contribution in [0.4, 0.5) is 34.1 Å². The maximum absolute atomic E-state index is 2.35. The molecule has 0 heterocycles. The molecule has 0 aromatic heterocycles. The van der Waals surface area contributed by atoms with Gasteiger partial charge in [0.25, 0.3) is 0 Å². The van der Waals surface area contributed by atoms with Crippen LogP contribution >= 0.6 is 0 Å². The third kappa shape index (κ3) is 6.77. The monoisotopic (exact) mass is 690 g/mol. The van der Waals surface area contributed by atoms with Crippen LogP contribution < -0.4 is 9.80 Å². The normalized spacial score (nSPS) is 11.0. The molecule has 0 aliphatic rings. The molecule has 9 aromatic carbocycles. The molecular formula is C52H38N2. The lowest BCUT2D eigenvalue weighted by molar-refractivity contribution is 1.26. The summed E-state index contributed by atoms with van der Waals surface area (Å²) >= 11 is 0. The van der Waals surface area contributed by atoms with E-state index in [1.165, 1.54) is 44.2 Å². The molecule has 0 fully saturated rings. The summed E-state index contributed by atoms with van der Waals surface area (Å²) < 4.78 is 0. The van der Waals surface area contributed by atoms with Crippen LogP contribution in [0.2, 0.25) is 0 Å². The van der Waals surface area contributed by atoms with Crippen molar-refractivity contribution in [1.29, 1.82) is 0 Å². The minimum Gasteiger partial charge on any atom is -0.311 e. The molecule has 0 saturated heterocycles. The summed E-state index contributed by atoms with van der Waals surface area (Å²) in [6.07, 6.45) is 0. The standard InChI is InChI=1S/C52H38N2/c1-4-12-39(13-5-1)43-20-27-47(28-21-43)53(48-29-22-44(23-30-48)40-14-6-2-7-15-40)50-34-36-51(37-35-50)54(52-33-26-42-18-10-11-19-46(42)38-52)49-31-24-45(25-32-49)41-16-8-3-9-17-41/h1-38H. The van der Waals surface area contributed by atoms with Crippen LogP contribution in [-0.4, -0.2) is 0 Å². The van der Waals surface area contributed by atoms with E-state index in [9.17, 15) is 0 Å². The summed E-state index contributed by atoms with van der Waals surface area (Å²) in [6, 6.07) is 82.5. The lowest BCUT2D eigenvalue weighted by Crippen LogP contribution is -2.12. The summed E-state index contributed by atoms with van der Waals surface area (Å²) in [5.41, 5.74) is 13.8. The number of rotatable bonds is 9. The molecule has 54 heavy (non-hydrogen) atoms. The second kappa shape index (κ2) is 14.8. The predicted molar refractivity (Wildman–Crippen MR) is 230 cm³/mol. The van der Waals surface area contributed by atoms with Gasteiger partial charge in [-0.1, -0.05) is 158 Å². The molecule has 0 aliphatic heterocycles. The number of hydrogen-bond acceptors (Lipinski definition) is 2. The quantitative estimate of drug-likeness (QED) is 0.149. The first kappa shape index (κ1) is 32.7. The largest absolute Gasteiger partial charge is 0.311 e. The van der Waals surface area contributed by atoms with E-state index in [2.05, 4.69) is 240 Å². The Labute approximate surface area is 317 Å². The third-order valence-electron chi connectivity index (χ3n) is 10.1. The van der Waals surface area contributed by atoms with Crippen molar-refractivity contribution in [1.82, 2.24) is 0 Å². The van der Waals surface area contributed by atoms with Gasteiger partial charge in [-0.05, 0) is 117 Å². The van der Waals surface area contributed by atoms with Gasteiger partial charge in [0, 0.05) is 34.1 Å². The first-order valence-electron chi connectivity index (χ1n) is 18.4. The van der Waals surface area contributed by atoms with Crippen molar-refractivity contribution in [3.8, 4) is 33.4 Å². The number of fused-ring (bicyclic) bond motifs is 1. The summed E-state index contributed by atoms with van der Waals surface area (Å²) in [7, 11) is 0. The Bertz CT molecular complexity index is 2520. The SMILES string of the molecule is c1ccc(-c2ccc(N(c3ccc(-c4ccccc4)cc3)c3ccc(N(c4ccc(-c5ccccc5)cc4)c4ccc5ccccc5c4)cc3)cc2)cc1. The van der Waals surface area contributed by atoms with E-state index < -0.39 is 0 Å². The van der Waals surface area contributed by atoms with Gasteiger partial charge in [-0.15, -0.1) is 0 Å². The highest BCUT2D eigenvalue weighted by atomic mass is 15.2. The van der Waals surface area contributed by atoms with Crippen LogP contribution in [0.1, 0.15) is 0 Å². The Kier molecular flexibility index (Phi) is 8.99. The highest BCUT2D eigenvalue weighted by Gasteiger charge is 2.17. The van der Waals surface area contributed by atoms with E-state index in [-0.39, 0.29) is 0 Å². The van der Waals surface area contributed by atoms with Gasteiger partial charge in [0.1, 0.15) is 0 Å². The first-order chi connectivity index (χ1) is 26.8. The lowest BCUT2D eigenvalue weighted by atomic mass is 10.0. The van der Waals surface area contributed by atoms with Crippen LogP contribution in [-0.2, 0) is 0 Å². The van der Waals surface area contributed by atoms with Gasteiger partial charge in [-0.2, -0.15) is 0 Å². The molecule has 0 bridgehead atoms. The molecule has 9 aromatic rings. The van der Waals surface area contributed by atoms with E-state index in [4.69, 9.17) is 0 Å². The van der Waals surface area contributed by atoms with Crippen molar-refractivity contribution in [3.63, 3.8) is 0 Å². The highest BCUT2D eigenvalue weighted by Crippen LogP contribution is 2.41. The number of benzene rings is 9. The maximum atomic E-state index is 2.35. The zero-order chi connectivity index (χ0) is 36.1. The van der Waals surface area contributed by atoms with Crippen LogP contribution in [0.3, 0.4) is 0 Å². The second-order valence-corrected chi connectivity index (χ2v) is 13.5. The van der Waals surface area contributed by atoms with Crippen molar-refractivity contribution in [2.24, 2.45) is 0 Å². The summed E-state index contributed by atoms with van der Waals surface area (Å²) in [5.74, 6) is 0. The molecule has 0 N–H and O–H groups in total. The maximum Gasteiger partial charge on any atom is 0.0468 e. The second-order valence-electron chi connectivity index (χ2n) is 13.5. The molecule has 0 radical (unpaired) electrons. The third-order valence-corrected chi connectivity index (χ3v) is 10.1. The van der Waals surface area contributed by atoms with Crippen LogP contribution in [0.5, 0.6) is 0 Å². The Morgan fingerprint density at radius 1 is 0.185 bits per heavy atom. The molecule has 0 atom stereocenters. The summed E-state index contributed by atoms with van der Waals surface area (Å²) in [5, 5.41) is 2.43. The minimum atomic E-state index is 1.08. The smallest absolute Gasteiger partial charge is 0.0468 e. The van der Waals surface area contributed by atoms with E-state index in [0.717, 1.165) is 34.1 Å². The van der Waals surface area contributed by atoms with Gasteiger partial charge in [0.2, 0.25) is 0 Å². The van der Waals surface area contributed by atoms with Crippen molar-refractivity contribution in [3.05, 3.63) is 231 Å². The molecule has 2 heteroatoms. The fourth-order valence-corrected chi connectivity index (χ4v) is 7.26. The van der Waals surface area contributed by atoms with E-state index in [1.54, 1.807) is 0 Å². The molecule has 0 saturated carbocycles. The molecule has 2 nitrogen and oxygen atoms in total. The van der Waals surface area contributed by atoms with Crippen LogP contribution in [0, 0.1) is 0 Å². The highest BCUT2D eigenvalue weighted by molar-refractivity contribution is 5.90. The molecule has 256 valence electrons. The summed E-state index contributed by atoms with van der Waals surface area (Å²) in [6.45, 7) is 0. The van der Waals surface area contributed by atoms with Crippen molar-refractivity contribution in [2.45, 2.75) is 0 Å². The predicted octanol–water partition coefficient (Wildman–Crippen LogP) is 14.8. The molecule has 0 amide bonds. The topological polar surface area (TPSA) is 6.48 Å². The van der Waals surface area contributed by atoms with E-state index >= 15 is 0 Å². The number of anilines is 6. The van der Waals surface area contributed by atoms with E-state index in [0.29, 0.717) is 0 Å². The minimum absolute atomic E-state index is 1.08. The van der Waals surface area contributed by atoms with Gasteiger partial charge in [-0.3, -0.25) is 0 Å². The van der Waals surface area contributed by atoms with E-state index in [1.807, 2.05) is 0 Å². The zero-order valence-electron chi connectivity index (χ0n) is 29.8. The lowest BCUT2D eigenvalue weighted by Gasteiger charge is -2.29.